The topological polar surface area (TPSA) is 82.8 Å². The smallest absolute Gasteiger partial charge is 0.220 e. The van der Waals surface area contributed by atoms with Gasteiger partial charge in [0, 0.05) is 35.3 Å². The van der Waals surface area contributed by atoms with Crippen molar-refractivity contribution >= 4 is 16.8 Å². The Bertz CT molecular complexity index is 1160. The van der Waals surface area contributed by atoms with Crippen LogP contribution < -0.4 is 10.1 Å². The minimum Gasteiger partial charge on any atom is -0.497 e. The van der Waals surface area contributed by atoms with Crippen molar-refractivity contribution in [2.24, 2.45) is 0 Å². The van der Waals surface area contributed by atoms with Crippen LogP contribution in [0.3, 0.4) is 0 Å². The molecule has 0 aliphatic rings. The van der Waals surface area contributed by atoms with Gasteiger partial charge in [-0.1, -0.05) is 18.2 Å². The maximum absolute atomic E-state index is 12.5. The SMILES string of the molecule is COc1ccc(-c2[nH]c3ccccc3c2CCC(=O)NCCCc2cn[nH]c2C)cc1. The molecule has 160 valence electrons. The maximum atomic E-state index is 12.5. The van der Waals surface area contributed by atoms with Gasteiger partial charge in [-0.05, 0) is 73.2 Å². The van der Waals surface area contributed by atoms with Crippen LogP contribution >= 0.6 is 0 Å². The van der Waals surface area contributed by atoms with Crippen molar-refractivity contribution in [2.75, 3.05) is 13.7 Å². The monoisotopic (exact) mass is 416 g/mol. The number of hydrogen-bond acceptors (Lipinski definition) is 3. The van der Waals surface area contributed by atoms with Gasteiger partial charge in [0.05, 0.1) is 13.3 Å². The number of aryl methyl sites for hydroxylation is 3. The van der Waals surface area contributed by atoms with E-state index in [0.29, 0.717) is 19.4 Å². The van der Waals surface area contributed by atoms with Crippen LogP contribution in [0.25, 0.3) is 22.2 Å². The molecule has 6 heteroatoms. The fourth-order valence-corrected chi connectivity index (χ4v) is 3.93. The first-order valence-corrected chi connectivity index (χ1v) is 10.6. The number of ether oxygens (including phenoxy) is 1. The van der Waals surface area contributed by atoms with Gasteiger partial charge in [0.25, 0.3) is 0 Å². The third kappa shape index (κ3) is 4.79. The van der Waals surface area contributed by atoms with Gasteiger partial charge in [-0.2, -0.15) is 5.10 Å². The van der Waals surface area contributed by atoms with Gasteiger partial charge in [-0.15, -0.1) is 0 Å². The summed E-state index contributed by atoms with van der Waals surface area (Å²) in [6, 6.07) is 16.3. The lowest BCUT2D eigenvalue weighted by Crippen LogP contribution is -2.25. The second-order valence-corrected chi connectivity index (χ2v) is 7.73. The van der Waals surface area contributed by atoms with Crippen molar-refractivity contribution in [2.45, 2.75) is 32.6 Å². The second kappa shape index (κ2) is 9.51. The standard InChI is InChI=1S/C25H28N4O2/c1-17-19(16-27-29-17)6-5-15-26-24(30)14-13-22-21-7-3-4-8-23(21)28-25(22)18-9-11-20(31-2)12-10-18/h3-4,7-12,16,28H,5-6,13-15H2,1-2H3,(H,26,30)(H,27,29). The predicted octanol–water partition coefficient (Wildman–Crippen LogP) is 4.56. The van der Waals surface area contributed by atoms with E-state index in [0.717, 1.165) is 46.4 Å². The molecule has 0 unspecified atom stereocenters. The molecule has 31 heavy (non-hydrogen) atoms. The number of fused-ring (bicyclic) bond motifs is 1. The molecule has 4 rings (SSSR count). The third-order valence-electron chi connectivity index (χ3n) is 5.67. The summed E-state index contributed by atoms with van der Waals surface area (Å²) in [7, 11) is 1.67. The minimum absolute atomic E-state index is 0.0786. The molecule has 0 spiro atoms. The first-order chi connectivity index (χ1) is 15.2. The number of methoxy groups -OCH3 is 1. The van der Waals surface area contributed by atoms with Crippen LogP contribution in [0.15, 0.2) is 54.7 Å². The average Bonchev–Trinajstić information content (AvgIpc) is 3.38. The van der Waals surface area contributed by atoms with E-state index >= 15 is 0 Å². The lowest BCUT2D eigenvalue weighted by molar-refractivity contribution is -0.121. The summed E-state index contributed by atoms with van der Waals surface area (Å²) < 4.78 is 5.28. The summed E-state index contributed by atoms with van der Waals surface area (Å²) >= 11 is 0. The lowest BCUT2D eigenvalue weighted by Gasteiger charge is -2.08. The Morgan fingerprint density at radius 1 is 1.10 bits per heavy atom. The van der Waals surface area contributed by atoms with Crippen LogP contribution in [0.5, 0.6) is 5.75 Å². The largest absolute Gasteiger partial charge is 0.497 e. The van der Waals surface area contributed by atoms with Crippen molar-refractivity contribution in [3.05, 3.63) is 71.5 Å². The zero-order valence-corrected chi connectivity index (χ0v) is 18.0. The van der Waals surface area contributed by atoms with E-state index in [2.05, 4.69) is 32.6 Å². The van der Waals surface area contributed by atoms with Crippen LogP contribution in [0.4, 0.5) is 0 Å². The fourth-order valence-electron chi connectivity index (χ4n) is 3.93. The predicted molar refractivity (Wildman–Crippen MR) is 123 cm³/mol. The highest BCUT2D eigenvalue weighted by Crippen LogP contribution is 2.32. The molecule has 0 radical (unpaired) electrons. The molecule has 4 aromatic rings. The zero-order chi connectivity index (χ0) is 21.6. The highest BCUT2D eigenvalue weighted by molar-refractivity contribution is 5.91. The van der Waals surface area contributed by atoms with E-state index in [4.69, 9.17) is 4.74 Å². The normalized spacial score (nSPS) is 11.0. The third-order valence-corrected chi connectivity index (χ3v) is 5.67. The molecule has 0 saturated heterocycles. The molecule has 0 aliphatic heterocycles. The Balaban J connectivity index is 1.41. The number of para-hydroxylation sites is 1. The number of rotatable bonds is 9. The average molecular weight is 417 g/mol. The van der Waals surface area contributed by atoms with Crippen molar-refractivity contribution in [1.29, 1.82) is 0 Å². The molecule has 6 nitrogen and oxygen atoms in total. The van der Waals surface area contributed by atoms with Gasteiger partial charge in [-0.3, -0.25) is 9.89 Å². The number of aromatic nitrogens is 3. The summed E-state index contributed by atoms with van der Waals surface area (Å²) in [5.74, 6) is 0.904. The summed E-state index contributed by atoms with van der Waals surface area (Å²) in [6.45, 7) is 2.69. The first kappa shape index (κ1) is 20.7. The van der Waals surface area contributed by atoms with Crippen LogP contribution in [0.2, 0.25) is 0 Å². The van der Waals surface area contributed by atoms with E-state index in [1.54, 1.807) is 7.11 Å². The molecule has 2 heterocycles. The van der Waals surface area contributed by atoms with Gasteiger partial charge in [0.1, 0.15) is 5.75 Å². The quantitative estimate of drug-likeness (QED) is 0.350. The van der Waals surface area contributed by atoms with E-state index < -0.39 is 0 Å². The van der Waals surface area contributed by atoms with Gasteiger partial charge in [-0.25, -0.2) is 0 Å². The van der Waals surface area contributed by atoms with Crippen molar-refractivity contribution < 1.29 is 9.53 Å². The van der Waals surface area contributed by atoms with E-state index in [1.165, 1.54) is 11.1 Å². The molecule has 3 N–H and O–H groups in total. The Hall–Kier alpha value is -3.54. The highest BCUT2D eigenvalue weighted by atomic mass is 16.5. The van der Waals surface area contributed by atoms with Crippen molar-refractivity contribution in [3.63, 3.8) is 0 Å². The first-order valence-electron chi connectivity index (χ1n) is 10.6. The fraction of sp³-hybridized carbons (Fsp3) is 0.280. The van der Waals surface area contributed by atoms with Crippen LogP contribution in [0, 0.1) is 6.92 Å². The summed E-state index contributed by atoms with van der Waals surface area (Å²) in [6.07, 6.45) is 4.80. The number of nitrogens with one attached hydrogen (secondary N) is 3. The Morgan fingerprint density at radius 3 is 2.65 bits per heavy atom. The zero-order valence-electron chi connectivity index (χ0n) is 18.0. The number of benzene rings is 2. The summed E-state index contributed by atoms with van der Waals surface area (Å²) in [5, 5.41) is 11.2. The molecule has 0 bridgehead atoms. The van der Waals surface area contributed by atoms with Crippen molar-refractivity contribution in [1.82, 2.24) is 20.5 Å². The number of H-pyrrole nitrogens is 2. The van der Waals surface area contributed by atoms with E-state index in [9.17, 15) is 4.79 Å². The summed E-state index contributed by atoms with van der Waals surface area (Å²) in [5.41, 5.74) is 6.70. The second-order valence-electron chi connectivity index (χ2n) is 7.73. The molecular formula is C25H28N4O2. The van der Waals surface area contributed by atoms with Gasteiger partial charge in [0.2, 0.25) is 5.91 Å². The Kier molecular flexibility index (Phi) is 6.36. The molecule has 0 atom stereocenters. The van der Waals surface area contributed by atoms with E-state index in [1.807, 2.05) is 49.5 Å². The molecule has 0 saturated carbocycles. The Morgan fingerprint density at radius 2 is 1.90 bits per heavy atom. The lowest BCUT2D eigenvalue weighted by atomic mass is 10.0. The summed E-state index contributed by atoms with van der Waals surface area (Å²) in [4.78, 5) is 16.0. The van der Waals surface area contributed by atoms with Crippen molar-refractivity contribution in [3.8, 4) is 17.0 Å². The molecule has 0 aliphatic carbocycles. The highest BCUT2D eigenvalue weighted by Gasteiger charge is 2.14. The molecule has 2 aromatic carbocycles. The number of hydrogen-bond donors (Lipinski definition) is 3. The maximum Gasteiger partial charge on any atom is 0.220 e. The number of carbonyl (C=O) groups excluding carboxylic acids is 1. The van der Waals surface area contributed by atoms with Gasteiger partial charge in [0.15, 0.2) is 0 Å². The van der Waals surface area contributed by atoms with Gasteiger partial charge < -0.3 is 15.0 Å². The number of carbonyl (C=O) groups is 1. The number of aromatic amines is 2. The van der Waals surface area contributed by atoms with Crippen LogP contribution in [-0.4, -0.2) is 34.7 Å². The number of amides is 1. The number of nitrogens with zero attached hydrogens (tertiary/aromatic N) is 1. The molecule has 0 fully saturated rings. The van der Waals surface area contributed by atoms with E-state index in [-0.39, 0.29) is 5.91 Å². The molecule has 1 amide bonds. The minimum atomic E-state index is 0.0786. The molecule has 2 aromatic heterocycles. The van der Waals surface area contributed by atoms with Crippen LogP contribution in [0.1, 0.15) is 29.7 Å². The Labute approximate surface area is 182 Å². The van der Waals surface area contributed by atoms with Crippen LogP contribution in [-0.2, 0) is 17.6 Å². The van der Waals surface area contributed by atoms with Gasteiger partial charge >= 0.3 is 0 Å². The molecular weight excluding hydrogens is 388 g/mol.